The van der Waals surface area contributed by atoms with Gasteiger partial charge in [0.25, 0.3) is 0 Å². The lowest BCUT2D eigenvalue weighted by atomic mass is 9.78. The molecule has 0 atom stereocenters. The molecule has 0 aliphatic heterocycles. The molecule has 3 heteroatoms. The van der Waals surface area contributed by atoms with Crippen LogP contribution in [-0.2, 0) is 27.1 Å². The van der Waals surface area contributed by atoms with Crippen LogP contribution in [0.5, 0.6) is 0 Å². The third-order valence-electron chi connectivity index (χ3n) is 15.6. The minimum absolute atomic E-state index is 0.0261. The summed E-state index contributed by atoms with van der Waals surface area (Å²) in [6.45, 7) is 32.4. The Bertz CT molecular complexity index is 3500. The first-order chi connectivity index (χ1) is 33.0. The van der Waals surface area contributed by atoms with E-state index in [0.29, 0.717) is 0 Å². The third kappa shape index (κ3) is 7.38. The molecule has 0 saturated carbocycles. The summed E-state index contributed by atoms with van der Waals surface area (Å²) in [5.74, 6) is 0. The van der Waals surface area contributed by atoms with Gasteiger partial charge in [-0.25, -0.2) is 0 Å². The number of hydrogen-bond acceptors (Lipinski definition) is 0. The van der Waals surface area contributed by atoms with E-state index in [9.17, 15) is 0 Å². The first-order valence-electron chi connectivity index (χ1n) is 25.4. The Balaban J connectivity index is 1.18. The molecule has 0 fully saturated rings. The lowest BCUT2D eigenvalue weighted by Crippen LogP contribution is -2.18. The van der Waals surface area contributed by atoms with E-state index in [2.05, 4.69) is 274 Å². The molecule has 3 aromatic heterocycles. The maximum absolute atomic E-state index is 2.50. The van der Waals surface area contributed by atoms with Crippen LogP contribution in [0.3, 0.4) is 0 Å². The van der Waals surface area contributed by atoms with Crippen LogP contribution < -0.4 is 0 Å². The number of aromatic nitrogens is 3. The van der Waals surface area contributed by atoms with Crippen molar-refractivity contribution in [3.05, 3.63) is 197 Å². The second-order valence-electron chi connectivity index (χ2n) is 24.9. The molecule has 0 aliphatic carbocycles. The van der Waals surface area contributed by atoms with Crippen molar-refractivity contribution in [1.29, 1.82) is 0 Å². The number of nitrogens with zero attached hydrogens (tertiary/aromatic N) is 3. The summed E-state index contributed by atoms with van der Waals surface area (Å²) in [6, 6.07) is 63.0. The largest absolute Gasteiger partial charge is 0.309 e. The van der Waals surface area contributed by atoms with E-state index in [1.807, 2.05) is 0 Å². The number of fused-ring (bicyclic) bond motifs is 9. The number of benzene rings is 8. The van der Waals surface area contributed by atoms with Crippen molar-refractivity contribution in [1.82, 2.24) is 13.7 Å². The number of hydrogen-bond donors (Lipinski definition) is 0. The van der Waals surface area contributed by atoms with Gasteiger partial charge in [-0.1, -0.05) is 164 Å². The lowest BCUT2D eigenvalue weighted by Gasteiger charge is -2.26. The molecule has 0 bridgehead atoms. The fourth-order valence-electron chi connectivity index (χ4n) is 11.1. The van der Waals surface area contributed by atoms with Crippen LogP contribution in [0, 0.1) is 0 Å². The zero-order valence-corrected chi connectivity index (χ0v) is 43.9. The Morgan fingerprint density at radius 2 is 0.471 bits per heavy atom. The average Bonchev–Trinajstić information content (AvgIpc) is 3.94. The highest BCUT2D eigenvalue weighted by Gasteiger charge is 2.26. The van der Waals surface area contributed by atoms with Gasteiger partial charge in [0.1, 0.15) is 0 Å². The summed E-state index contributed by atoms with van der Waals surface area (Å²) in [7, 11) is 0. The van der Waals surface area contributed by atoms with E-state index in [-0.39, 0.29) is 27.1 Å². The Hall–Kier alpha value is -6.84. The molecule has 352 valence electrons. The fraction of sp³-hybridized carbons (Fsp3) is 0.284. The van der Waals surface area contributed by atoms with Gasteiger partial charge in [-0.15, -0.1) is 0 Å². The Morgan fingerprint density at radius 1 is 0.229 bits per heavy atom. The minimum atomic E-state index is -0.141. The van der Waals surface area contributed by atoms with Gasteiger partial charge >= 0.3 is 0 Å². The summed E-state index contributed by atoms with van der Waals surface area (Å²) in [6.07, 6.45) is 0. The molecular formula is C67H69N3. The van der Waals surface area contributed by atoms with Crippen molar-refractivity contribution in [2.45, 2.75) is 124 Å². The van der Waals surface area contributed by atoms with E-state index >= 15 is 0 Å². The molecule has 3 heterocycles. The fourth-order valence-corrected chi connectivity index (χ4v) is 11.1. The van der Waals surface area contributed by atoms with Gasteiger partial charge in [-0.3, -0.25) is 0 Å². The monoisotopic (exact) mass is 916 g/mol. The molecule has 0 amide bonds. The highest BCUT2D eigenvalue weighted by molar-refractivity contribution is 6.14. The van der Waals surface area contributed by atoms with Gasteiger partial charge in [-0.2, -0.15) is 0 Å². The van der Waals surface area contributed by atoms with Crippen LogP contribution in [0.4, 0.5) is 0 Å². The Kier molecular flexibility index (Phi) is 10.1. The Morgan fingerprint density at radius 3 is 0.786 bits per heavy atom. The molecule has 70 heavy (non-hydrogen) atoms. The van der Waals surface area contributed by atoms with Crippen molar-refractivity contribution in [3.63, 3.8) is 0 Å². The average molecular weight is 916 g/mol. The van der Waals surface area contributed by atoms with Crippen LogP contribution in [0.1, 0.15) is 130 Å². The maximum atomic E-state index is 2.50. The first kappa shape index (κ1) is 45.6. The predicted octanol–water partition coefficient (Wildman–Crippen LogP) is 18.5. The van der Waals surface area contributed by atoms with Gasteiger partial charge in [0.15, 0.2) is 0 Å². The van der Waals surface area contributed by atoms with Crippen molar-refractivity contribution in [2.75, 3.05) is 0 Å². The molecule has 0 aliphatic rings. The molecule has 0 spiro atoms. The molecule has 11 rings (SSSR count). The van der Waals surface area contributed by atoms with E-state index in [0.717, 1.165) is 17.1 Å². The second kappa shape index (κ2) is 15.6. The summed E-state index contributed by atoms with van der Waals surface area (Å²) in [4.78, 5) is 0. The molecule has 0 unspecified atom stereocenters. The van der Waals surface area contributed by atoms with Gasteiger partial charge in [0.05, 0.1) is 33.1 Å². The van der Waals surface area contributed by atoms with E-state index in [1.165, 1.54) is 98.8 Å². The van der Waals surface area contributed by atoms with E-state index < -0.39 is 0 Å². The summed E-state index contributed by atoms with van der Waals surface area (Å²) in [5.41, 5.74) is 18.7. The molecule has 0 N–H and O–H groups in total. The molecule has 11 aromatic rings. The summed E-state index contributed by atoms with van der Waals surface area (Å²) < 4.78 is 7.48. The first-order valence-corrected chi connectivity index (χ1v) is 25.4. The molecule has 8 aromatic carbocycles. The topological polar surface area (TPSA) is 14.8 Å². The van der Waals surface area contributed by atoms with Crippen LogP contribution in [0.15, 0.2) is 164 Å². The number of rotatable bonds is 5. The smallest absolute Gasteiger partial charge is 0.0542 e. The van der Waals surface area contributed by atoms with Crippen LogP contribution in [0.25, 0.3) is 82.5 Å². The van der Waals surface area contributed by atoms with Gasteiger partial charge in [0.2, 0.25) is 0 Å². The quantitative estimate of drug-likeness (QED) is 0.163. The predicted molar refractivity (Wildman–Crippen MR) is 303 cm³/mol. The second-order valence-corrected chi connectivity index (χ2v) is 24.9. The third-order valence-corrected chi connectivity index (χ3v) is 15.6. The maximum Gasteiger partial charge on any atom is 0.0542 e. The van der Waals surface area contributed by atoms with Crippen LogP contribution in [0.2, 0.25) is 0 Å². The van der Waals surface area contributed by atoms with Crippen molar-refractivity contribution < 1.29 is 0 Å². The van der Waals surface area contributed by atoms with E-state index in [4.69, 9.17) is 0 Å². The lowest BCUT2D eigenvalue weighted by molar-refractivity contribution is 0.590. The SMILES string of the molecule is CC(C)(C)c1ccc2c(c1)c1cc(C(C)(C)C)ccc1n2-c1ccc2c(c1)c1cc(-n3c4ccc(C(C)(C)C)cc4c4cc(C(C)(C)C)ccc43)ccc1n2-c1ccc(C(C)(C)c2ccccc2)cc1. The molecule has 0 radical (unpaired) electrons. The van der Waals surface area contributed by atoms with Crippen molar-refractivity contribution in [3.8, 4) is 17.1 Å². The minimum Gasteiger partial charge on any atom is -0.309 e. The van der Waals surface area contributed by atoms with E-state index in [1.54, 1.807) is 0 Å². The van der Waals surface area contributed by atoms with Crippen molar-refractivity contribution >= 4 is 65.4 Å². The highest BCUT2D eigenvalue weighted by Crippen LogP contribution is 2.43. The van der Waals surface area contributed by atoms with Gasteiger partial charge < -0.3 is 13.7 Å². The molecular weight excluding hydrogens is 847 g/mol. The van der Waals surface area contributed by atoms with Crippen LogP contribution >= 0.6 is 0 Å². The molecule has 0 saturated heterocycles. The van der Waals surface area contributed by atoms with Crippen molar-refractivity contribution in [2.24, 2.45) is 0 Å². The summed E-state index contributed by atoms with van der Waals surface area (Å²) >= 11 is 0. The van der Waals surface area contributed by atoms with Gasteiger partial charge in [0, 0.05) is 54.8 Å². The standard InChI is InChI=1S/C67H69N3/c1-63(2,3)44-22-30-57-51(36-44)52-37-45(64(4,5)6)23-31-58(52)69(57)49-28-34-61-55(40-49)56-41-50(29-35-62(56)68(61)48-26-20-43(21-27-48)67(13,14)42-18-16-15-17-19-42)70-59-32-24-46(65(7,8)9)38-53(59)54-39-47(66(10,11)12)25-33-60(54)70/h15-41H,1-14H3. The zero-order chi connectivity index (χ0) is 49.4. The normalized spacial score (nSPS) is 13.3. The highest BCUT2D eigenvalue weighted by atomic mass is 15.0. The molecule has 3 nitrogen and oxygen atoms in total. The van der Waals surface area contributed by atoms with Crippen LogP contribution in [-0.4, -0.2) is 13.7 Å². The zero-order valence-electron chi connectivity index (χ0n) is 43.9. The Labute approximate surface area is 415 Å². The summed E-state index contributed by atoms with van der Waals surface area (Å²) in [5, 5.41) is 7.64. The van der Waals surface area contributed by atoms with Gasteiger partial charge in [-0.05, 0) is 152 Å².